The van der Waals surface area contributed by atoms with Crippen molar-refractivity contribution >= 4 is 53.5 Å². The molecule has 1 saturated heterocycles. The zero-order valence-corrected chi connectivity index (χ0v) is 22.8. The Bertz CT molecular complexity index is 1420. The number of carbonyl (C=O) groups excluding carboxylic acids is 2. The van der Waals surface area contributed by atoms with Gasteiger partial charge in [-0.05, 0) is 46.3 Å². The van der Waals surface area contributed by atoms with Gasteiger partial charge in [-0.15, -0.1) is 0 Å². The Hall–Kier alpha value is -3.14. The first kappa shape index (κ1) is 26.9. The Morgan fingerprint density at radius 1 is 1.19 bits per heavy atom. The van der Waals surface area contributed by atoms with Crippen LogP contribution in [0.5, 0.6) is 0 Å². The van der Waals surface area contributed by atoms with Crippen molar-refractivity contribution in [3.05, 3.63) is 48.3 Å². The molecule has 1 aliphatic rings. The Morgan fingerprint density at radius 3 is 2.57 bits per heavy atom. The maximum absolute atomic E-state index is 13.3. The van der Waals surface area contributed by atoms with Crippen LogP contribution in [-0.2, 0) is 19.6 Å². The number of fused-ring (bicyclic) bond motifs is 1. The molecule has 37 heavy (non-hydrogen) atoms. The number of nitrogens with zero attached hydrogens (tertiary/aromatic N) is 5. The van der Waals surface area contributed by atoms with Crippen LogP contribution in [0.4, 0.5) is 10.6 Å². The molecule has 0 spiro atoms. The minimum absolute atomic E-state index is 0.0903. The highest BCUT2D eigenvalue weighted by Gasteiger charge is 2.37. The fraction of sp³-hybridized carbons (Fsp3) is 0.400. The van der Waals surface area contributed by atoms with Gasteiger partial charge in [0.1, 0.15) is 5.52 Å². The smallest absolute Gasteiger partial charge is 0.415 e. The summed E-state index contributed by atoms with van der Waals surface area (Å²) in [6.07, 6.45) is 6.70. The molecule has 1 aromatic carbocycles. The molecule has 12 heteroatoms. The average molecular weight is 544 g/mol. The lowest BCUT2D eigenvalue weighted by Crippen LogP contribution is -2.40. The van der Waals surface area contributed by atoms with Gasteiger partial charge >= 0.3 is 6.09 Å². The van der Waals surface area contributed by atoms with Crippen molar-refractivity contribution in [2.45, 2.75) is 32.1 Å². The second-order valence-corrected chi connectivity index (χ2v) is 11.6. The molecule has 0 N–H and O–H groups in total. The minimum Gasteiger partial charge on any atom is -0.449 e. The van der Waals surface area contributed by atoms with Crippen LogP contribution in [0.25, 0.3) is 11.2 Å². The molecule has 1 fully saturated rings. The molecule has 10 nitrogen and oxygen atoms in total. The molecule has 3 aromatic rings. The summed E-state index contributed by atoms with van der Waals surface area (Å²) in [5, 5.41) is 0. The number of carbonyl (C=O) groups is 2. The van der Waals surface area contributed by atoms with Gasteiger partial charge < -0.3 is 4.74 Å². The van der Waals surface area contributed by atoms with E-state index in [1.165, 1.54) is 35.5 Å². The zero-order valence-electron chi connectivity index (χ0n) is 21.1. The topological polar surface area (TPSA) is 115 Å². The number of hydrogen-bond acceptors (Lipinski definition) is 8. The molecular weight excluding hydrogens is 513 g/mol. The highest BCUT2D eigenvalue weighted by Crippen LogP contribution is 2.31. The summed E-state index contributed by atoms with van der Waals surface area (Å²) >= 11 is 0. The molecule has 2 atom stereocenters. The van der Waals surface area contributed by atoms with Crippen LogP contribution in [0.15, 0.2) is 47.6 Å². The maximum Gasteiger partial charge on any atom is 0.415 e. The number of hydrogen-bond donors (Lipinski definition) is 0. The summed E-state index contributed by atoms with van der Waals surface area (Å²) in [5.74, 6) is -0.0237. The molecule has 0 bridgehead atoms. The highest BCUT2D eigenvalue weighted by atomic mass is 32.2. The van der Waals surface area contributed by atoms with E-state index in [-0.39, 0.29) is 52.6 Å². The van der Waals surface area contributed by atoms with Crippen LogP contribution >= 0.6 is 8.35 Å². The van der Waals surface area contributed by atoms with Crippen molar-refractivity contribution in [2.24, 2.45) is 11.8 Å². The van der Waals surface area contributed by atoms with Gasteiger partial charge in [-0.1, -0.05) is 37.3 Å². The third kappa shape index (κ3) is 5.44. The molecular formula is C25H30N5O5PS. The standard InChI is InChI=1S/C25H30N5O5PS/c1-5-18-14-28(36-4)15-20(18)22(31)16-29(25(32)35-6-2)23-13-26-24-21(27-23)11-12-30(24)37(33,34)19-9-7-17(3)8-10-19/h7-13,18,20H,4-6,14-16H2,1-3H3/t18-,20+/m1/s1. The van der Waals surface area contributed by atoms with Gasteiger partial charge in [-0.3, -0.25) is 14.4 Å². The average Bonchev–Trinajstić information content (AvgIpc) is 3.51. The number of rotatable bonds is 9. The molecule has 2 aromatic heterocycles. The lowest BCUT2D eigenvalue weighted by atomic mass is 9.90. The van der Waals surface area contributed by atoms with E-state index in [9.17, 15) is 18.0 Å². The third-order valence-electron chi connectivity index (χ3n) is 6.56. The van der Waals surface area contributed by atoms with Crippen molar-refractivity contribution in [3.63, 3.8) is 0 Å². The van der Waals surface area contributed by atoms with E-state index in [1.807, 2.05) is 13.8 Å². The second-order valence-electron chi connectivity index (χ2n) is 8.91. The monoisotopic (exact) mass is 543 g/mol. The van der Waals surface area contributed by atoms with Gasteiger partial charge in [0.2, 0.25) is 0 Å². The molecule has 1 aliphatic heterocycles. The Labute approximate surface area is 218 Å². The Morgan fingerprint density at radius 2 is 1.92 bits per heavy atom. The number of Topliss-reactive ketones (excluding diaryl/α,β-unsaturated/α-hetero) is 1. The first-order valence-electron chi connectivity index (χ1n) is 12.0. The highest BCUT2D eigenvalue weighted by molar-refractivity contribution is 7.90. The van der Waals surface area contributed by atoms with Crippen molar-refractivity contribution < 1.29 is 22.7 Å². The summed E-state index contributed by atoms with van der Waals surface area (Å²) in [4.78, 5) is 36.2. The SMILES string of the molecule is C=PN1C[C@@H](CC)[C@@H](C(=O)CN(C(=O)OCC)c2cnc3c(ccn3S(=O)(=O)c3ccc(C)cc3)n2)C1. The quantitative estimate of drug-likeness (QED) is 0.375. The molecule has 196 valence electrons. The van der Waals surface area contributed by atoms with Gasteiger partial charge in [0, 0.05) is 25.2 Å². The molecule has 0 unspecified atom stereocenters. The van der Waals surface area contributed by atoms with E-state index in [4.69, 9.17) is 4.74 Å². The predicted octanol–water partition coefficient (Wildman–Crippen LogP) is 3.76. The van der Waals surface area contributed by atoms with E-state index in [1.54, 1.807) is 19.1 Å². The predicted molar refractivity (Wildman–Crippen MR) is 144 cm³/mol. The Kier molecular flexibility index (Phi) is 8.06. The molecule has 0 radical (unpaired) electrons. The first-order valence-corrected chi connectivity index (χ1v) is 14.5. The summed E-state index contributed by atoms with van der Waals surface area (Å²) in [6.45, 7) is 6.88. The minimum atomic E-state index is -3.90. The lowest BCUT2D eigenvalue weighted by Gasteiger charge is -2.23. The summed E-state index contributed by atoms with van der Waals surface area (Å²) < 4.78 is 34.7. The van der Waals surface area contributed by atoms with Gasteiger partial charge in [0.15, 0.2) is 17.2 Å². The van der Waals surface area contributed by atoms with Gasteiger partial charge in [0.05, 0.1) is 24.2 Å². The summed E-state index contributed by atoms with van der Waals surface area (Å²) in [7, 11) is -3.03. The van der Waals surface area contributed by atoms with E-state index in [0.29, 0.717) is 6.54 Å². The van der Waals surface area contributed by atoms with Crippen LogP contribution in [0.3, 0.4) is 0 Å². The number of anilines is 1. The first-order chi connectivity index (χ1) is 17.7. The summed E-state index contributed by atoms with van der Waals surface area (Å²) in [5.41, 5.74) is 1.33. The fourth-order valence-corrected chi connectivity index (χ4v) is 6.39. The zero-order chi connectivity index (χ0) is 26.7. The number of aryl methyl sites for hydroxylation is 1. The number of aromatic nitrogens is 3. The van der Waals surface area contributed by atoms with Crippen molar-refractivity contribution in [1.29, 1.82) is 0 Å². The number of amides is 1. The normalized spacial score (nSPS) is 18.4. The third-order valence-corrected chi connectivity index (χ3v) is 8.97. The molecule has 1 amide bonds. The van der Waals surface area contributed by atoms with Gasteiger partial charge in [-0.2, -0.15) is 0 Å². The Balaban J connectivity index is 1.65. The van der Waals surface area contributed by atoms with Crippen LogP contribution in [-0.4, -0.2) is 71.4 Å². The summed E-state index contributed by atoms with van der Waals surface area (Å²) in [6, 6.07) is 8.03. The number of benzene rings is 1. The van der Waals surface area contributed by atoms with Crippen LogP contribution in [0.1, 0.15) is 25.8 Å². The van der Waals surface area contributed by atoms with Gasteiger partial charge in [-0.25, -0.2) is 27.2 Å². The van der Waals surface area contributed by atoms with Crippen molar-refractivity contribution in [3.8, 4) is 0 Å². The van der Waals surface area contributed by atoms with Gasteiger partial charge in [0.25, 0.3) is 10.0 Å². The second kappa shape index (κ2) is 11.1. The van der Waals surface area contributed by atoms with E-state index >= 15 is 0 Å². The maximum atomic E-state index is 13.3. The van der Waals surface area contributed by atoms with Crippen LogP contribution in [0.2, 0.25) is 0 Å². The molecule has 3 heterocycles. The largest absolute Gasteiger partial charge is 0.449 e. The number of ketones is 1. The van der Waals surface area contributed by atoms with Crippen LogP contribution < -0.4 is 4.90 Å². The van der Waals surface area contributed by atoms with E-state index in [2.05, 4.69) is 20.9 Å². The van der Waals surface area contributed by atoms with Crippen molar-refractivity contribution in [2.75, 3.05) is 31.1 Å². The van der Waals surface area contributed by atoms with Crippen LogP contribution in [0, 0.1) is 18.8 Å². The fourth-order valence-electron chi connectivity index (χ4n) is 4.48. The number of ether oxygens (including phenoxy) is 1. The van der Waals surface area contributed by atoms with E-state index < -0.39 is 16.1 Å². The molecule has 0 aliphatic carbocycles. The van der Waals surface area contributed by atoms with Crippen molar-refractivity contribution in [1.82, 2.24) is 18.6 Å². The molecule has 4 rings (SSSR count). The van der Waals surface area contributed by atoms with E-state index in [0.717, 1.165) is 30.9 Å². The lowest BCUT2D eigenvalue weighted by molar-refractivity contribution is -0.122. The molecule has 0 saturated carbocycles.